The number of fused-ring (bicyclic) bond motifs is 1. The summed E-state index contributed by atoms with van der Waals surface area (Å²) in [5, 5.41) is 11.9. The standard InChI is InChI=1S/C12H20N4O/c1-12(3-6-17-7-4-12)9-16-11-2-5-13-8-10(11)14-15-16/h13H,2-9H2,1H3. The Kier molecular flexibility index (Phi) is 2.88. The number of nitrogens with zero attached hydrogens (tertiary/aromatic N) is 3. The van der Waals surface area contributed by atoms with Gasteiger partial charge in [-0.2, -0.15) is 0 Å². The summed E-state index contributed by atoms with van der Waals surface area (Å²) in [5.74, 6) is 0. The molecule has 0 aromatic carbocycles. The first kappa shape index (κ1) is 11.2. The monoisotopic (exact) mass is 236 g/mol. The van der Waals surface area contributed by atoms with Crippen LogP contribution in [0.4, 0.5) is 0 Å². The second-order valence-electron chi connectivity index (χ2n) is 5.49. The molecule has 5 heteroatoms. The molecule has 17 heavy (non-hydrogen) atoms. The van der Waals surface area contributed by atoms with E-state index in [4.69, 9.17) is 4.74 Å². The smallest absolute Gasteiger partial charge is 0.0997 e. The Morgan fingerprint density at radius 3 is 3.06 bits per heavy atom. The van der Waals surface area contributed by atoms with Gasteiger partial charge >= 0.3 is 0 Å². The molecule has 0 aliphatic carbocycles. The van der Waals surface area contributed by atoms with Gasteiger partial charge in [0.15, 0.2) is 0 Å². The van der Waals surface area contributed by atoms with Gasteiger partial charge in [0.1, 0.15) is 0 Å². The summed E-state index contributed by atoms with van der Waals surface area (Å²) in [6.07, 6.45) is 3.30. The maximum Gasteiger partial charge on any atom is 0.0997 e. The van der Waals surface area contributed by atoms with Gasteiger partial charge in [0.05, 0.1) is 11.4 Å². The molecule has 0 radical (unpaired) electrons. The molecule has 2 aliphatic rings. The summed E-state index contributed by atoms with van der Waals surface area (Å²) >= 11 is 0. The van der Waals surface area contributed by atoms with E-state index in [-0.39, 0.29) is 0 Å². The van der Waals surface area contributed by atoms with E-state index in [0.29, 0.717) is 5.41 Å². The molecule has 1 N–H and O–H groups in total. The van der Waals surface area contributed by atoms with Crippen LogP contribution in [0.15, 0.2) is 0 Å². The van der Waals surface area contributed by atoms with Gasteiger partial charge in [-0.05, 0) is 18.3 Å². The first-order valence-corrected chi connectivity index (χ1v) is 6.47. The van der Waals surface area contributed by atoms with Crippen molar-refractivity contribution in [3.63, 3.8) is 0 Å². The van der Waals surface area contributed by atoms with Gasteiger partial charge in [-0.25, -0.2) is 4.68 Å². The fraction of sp³-hybridized carbons (Fsp3) is 0.833. The highest BCUT2D eigenvalue weighted by Gasteiger charge is 2.30. The van der Waals surface area contributed by atoms with E-state index in [1.54, 1.807) is 0 Å². The maximum absolute atomic E-state index is 5.44. The van der Waals surface area contributed by atoms with Crippen LogP contribution < -0.4 is 5.32 Å². The molecule has 5 nitrogen and oxygen atoms in total. The Hall–Kier alpha value is -0.940. The van der Waals surface area contributed by atoms with Crippen LogP contribution in [0.3, 0.4) is 0 Å². The number of aromatic nitrogens is 3. The Labute approximate surface area is 102 Å². The van der Waals surface area contributed by atoms with E-state index >= 15 is 0 Å². The van der Waals surface area contributed by atoms with Gasteiger partial charge in [-0.15, -0.1) is 5.10 Å². The van der Waals surface area contributed by atoms with E-state index in [0.717, 1.165) is 57.8 Å². The molecule has 0 spiro atoms. The lowest BCUT2D eigenvalue weighted by molar-refractivity contribution is 0.0132. The second kappa shape index (κ2) is 4.38. The van der Waals surface area contributed by atoms with Crippen molar-refractivity contribution in [1.82, 2.24) is 20.3 Å². The summed E-state index contributed by atoms with van der Waals surface area (Å²) in [4.78, 5) is 0. The predicted molar refractivity (Wildman–Crippen MR) is 63.6 cm³/mol. The molecule has 0 saturated carbocycles. The third-order valence-electron chi connectivity index (χ3n) is 3.98. The van der Waals surface area contributed by atoms with Crippen molar-refractivity contribution >= 4 is 0 Å². The molecule has 2 aliphatic heterocycles. The quantitative estimate of drug-likeness (QED) is 0.823. The van der Waals surface area contributed by atoms with Crippen LogP contribution >= 0.6 is 0 Å². The zero-order valence-electron chi connectivity index (χ0n) is 10.4. The third-order valence-corrected chi connectivity index (χ3v) is 3.98. The molecule has 3 rings (SSSR count). The van der Waals surface area contributed by atoms with E-state index in [1.165, 1.54) is 5.69 Å². The van der Waals surface area contributed by atoms with Crippen molar-refractivity contribution in [2.75, 3.05) is 19.8 Å². The van der Waals surface area contributed by atoms with Crippen LogP contribution in [0.5, 0.6) is 0 Å². The van der Waals surface area contributed by atoms with Gasteiger partial charge in [0, 0.05) is 39.3 Å². The van der Waals surface area contributed by atoms with Crippen LogP contribution in [0.25, 0.3) is 0 Å². The van der Waals surface area contributed by atoms with E-state index < -0.39 is 0 Å². The van der Waals surface area contributed by atoms with Crippen molar-refractivity contribution in [2.24, 2.45) is 5.41 Å². The second-order valence-corrected chi connectivity index (χ2v) is 5.49. The minimum atomic E-state index is 0.324. The number of nitrogens with one attached hydrogen (secondary N) is 1. The van der Waals surface area contributed by atoms with Crippen molar-refractivity contribution in [3.8, 4) is 0 Å². The highest BCUT2D eigenvalue weighted by atomic mass is 16.5. The lowest BCUT2D eigenvalue weighted by Crippen LogP contribution is -2.33. The lowest BCUT2D eigenvalue weighted by Gasteiger charge is -2.33. The van der Waals surface area contributed by atoms with Crippen LogP contribution in [0, 0.1) is 5.41 Å². The van der Waals surface area contributed by atoms with Crippen molar-refractivity contribution in [2.45, 2.75) is 39.3 Å². The fourth-order valence-electron chi connectivity index (χ4n) is 2.70. The average Bonchev–Trinajstić information content (AvgIpc) is 2.73. The lowest BCUT2D eigenvalue weighted by atomic mass is 9.82. The Morgan fingerprint density at radius 2 is 2.24 bits per heavy atom. The van der Waals surface area contributed by atoms with Crippen LogP contribution in [0.1, 0.15) is 31.2 Å². The number of hydrogen-bond donors (Lipinski definition) is 1. The maximum atomic E-state index is 5.44. The fourth-order valence-corrected chi connectivity index (χ4v) is 2.70. The van der Waals surface area contributed by atoms with E-state index in [1.807, 2.05) is 0 Å². The zero-order chi connectivity index (χ0) is 11.7. The molecule has 1 fully saturated rings. The van der Waals surface area contributed by atoms with Crippen molar-refractivity contribution in [3.05, 3.63) is 11.4 Å². The Bertz CT molecular complexity index is 395. The molecule has 1 aromatic rings. The first-order valence-electron chi connectivity index (χ1n) is 6.47. The number of rotatable bonds is 2. The predicted octanol–water partition coefficient (Wildman–Crippen LogP) is 0.740. The molecule has 0 amide bonds. The first-order chi connectivity index (χ1) is 8.27. The minimum Gasteiger partial charge on any atom is -0.381 e. The van der Waals surface area contributed by atoms with E-state index in [2.05, 4.69) is 27.2 Å². The van der Waals surface area contributed by atoms with Crippen molar-refractivity contribution < 1.29 is 4.74 Å². The van der Waals surface area contributed by atoms with Crippen molar-refractivity contribution in [1.29, 1.82) is 0 Å². The molecule has 94 valence electrons. The van der Waals surface area contributed by atoms with Crippen LogP contribution in [-0.4, -0.2) is 34.8 Å². The van der Waals surface area contributed by atoms with Gasteiger partial charge in [0.2, 0.25) is 0 Å². The van der Waals surface area contributed by atoms with Crippen LogP contribution in [-0.2, 0) is 24.2 Å². The minimum absolute atomic E-state index is 0.324. The van der Waals surface area contributed by atoms with Crippen LogP contribution in [0.2, 0.25) is 0 Å². The third kappa shape index (κ3) is 2.21. The summed E-state index contributed by atoms with van der Waals surface area (Å²) in [5.41, 5.74) is 2.79. The van der Waals surface area contributed by atoms with Gasteiger partial charge in [-0.1, -0.05) is 12.1 Å². The number of ether oxygens (including phenoxy) is 1. The summed E-state index contributed by atoms with van der Waals surface area (Å²) in [6, 6.07) is 0. The van der Waals surface area contributed by atoms with Gasteiger partial charge < -0.3 is 10.1 Å². The number of hydrogen-bond acceptors (Lipinski definition) is 4. The normalized spacial score (nSPS) is 23.4. The molecule has 0 unspecified atom stereocenters. The molecular formula is C12H20N4O. The summed E-state index contributed by atoms with van der Waals surface area (Å²) < 4.78 is 7.57. The Balaban J connectivity index is 1.78. The molecule has 0 bridgehead atoms. The SMILES string of the molecule is CC1(Cn2nnc3c2CCNC3)CCOCC1. The molecule has 3 heterocycles. The molecule has 1 aromatic heterocycles. The largest absolute Gasteiger partial charge is 0.381 e. The summed E-state index contributed by atoms with van der Waals surface area (Å²) in [7, 11) is 0. The molecule has 1 saturated heterocycles. The zero-order valence-corrected chi connectivity index (χ0v) is 10.4. The highest BCUT2D eigenvalue weighted by Crippen LogP contribution is 2.32. The summed E-state index contributed by atoms with van der Waals surface area (Å²) in [6.45, 7) is 7.00. The Morgan fingerprint density at radius 1 is 1.41 bits per heavy atom. The molecule has 0 atom stereocenters. The highest BCUT2D eigenvalue weighted by molar-refractivity contribution is 5.13. The molecular weight excluding hydrogens is 216 g/mol. The van der Waals surface area contributed by atoms with E-state index in [9.17, 15) is 0 Å². The average molecular weight is 236 g/mol. The van der Waals surface area contributed by atoms with Gasteiger partial charge in [-0.3, -0.25) is 0 Å². The topological polar surface area (TPSA) is 52.0 Å². The van der Waals surface area contributed by atoms with Gasteiger partial charge in [0.25, 0.3) is 0 Å².